The second kappa shape index (κ2) is 9.42. The summed E-state index contributed by atoms with van der Waals surface area (Å²) in [7, 11) is 1.56. The van der Waals surface area contributed by atoms with Crippen molar-refractivity contribution in [3.8, 4) is 11.5 Å². The quantitative estimate of drug-likeness (QED) is 0.753. The van der Waals surface area contributed by atoms with Gasteiger partial charge in [-0.1, -0.05) is 6.07 Å². The molecule has 27 heavy (non-hydrogen) atoms. The van der Waals surface area contributed by atoms with Crippen molar-refractivity contribution >= 4 is 5.97 Å². The van der Waals surface area contributed by atoms with Crippen molar-refractivity contribution in [2.75, 3.05) is 39.9 Å². The molecule has 3 rings (SSSR count). The van der Waals surface area contributed by atoms with Crippen molar-refractivity contribution in [3.63, 3.8) is 0 Å². The molecule has 0 saturated carbocycles. The average molecular weight is 376 g/mol. The summed E-state index contributed by atoms with van der Waals surface area (Å²) < 4.78 is 10.7. The highest BCUT2D eigenvalue weighted by Crippen LogP contribution is 2.30. The third-order valence-corrected chi connectivity index (χ3v) is 6.02. The van der Waals surface area contributed by atoms with Crippen molar-refractivity contribution < 1.29 is 19.4 Å². The van der Waals surface area contributed by atoms with Crippen LogP contribution in [-0.2, 0) is 11.3 Å². The zero-order valence-electron chi connectivity index (χ0n) is 16.5. The van der Waals surface area contributed by atoms with Crippen molar-refractivity contribution in [1.29, 1.82) is 0 Å². The van der Waals surface area contributed by atoms with Crippen LogP contribution in [0.2, 0.25) is 0 Å². The van der Waals surface area contributed by atoms with Gasteiger partial charge < -0.3 is 19.5 Å². The number of methoxy groups -OCH3 is 1. The predicted octanol–water partition coefficient (Wildman–Crippen LogP) is 2.85. The molecular weight excluding hydrogens is 344 g/mol. The highest BCUT2D eigenvalue weighted by molar-refractivity contribution is 5.68. The summed E-state index contributed by atoms with van der Waals surface area (Å²) in [6.07, 6.45) is 5.20. The van der Waals surface area contributed by atoms with Crippen molar-refractivity contribution in [2.24, 2.45) is 5.92 Å². The van der Waals surface area contributed by atoms with E-state index in [1.807, 2.05) is 18.2 Å². The Kier molecular flexibility index (Phi) is 6.96. The molecule has 0 bridgehead atoms. The molecule has 0 aliphatic carbocycles. The number of carboxylic acid groups (broad SMARTS) is 1. The van der Waals surface area contributed by atoms with Crippen molar-refractivity contribution in [1.82, 2.24) is 9.80 Å². The third-order valence-electron chi connectivity index (χ3n) is 6.02. The van der Waals surface area contributed by atoms with Crippen LogP contribution in [0.1, 0.15) is 38.2 Å². The van der Waals surface area contributed by atoms with Gasteiger partial charge in [0.1, 0.15) is 0 Å². The topological polar surface area (TPSA) is 62.2 Å². The molecular formula is C21H32N2O4. The molecule has 2 heterocycles. The Hall–Kier alpha value is -1.79. The first kappa shape index (κ1) is 20.0. The number of ether oxygens (including phenoxy) is 2. The summed E-state index contributed by atoms with van der Waals surface area (Å²) >= 11 is 0. The van der Waals surface area contributed by atoms with Crippen LogP contribution in [0.3, 0.4) is 0 Å². The average Bonchev–Trinajstić information content (AvgIpc) is 3.21. The smallest absolute Gasteiger partial charge is 0.341 e. The standard InChI is InChI=1S/C21H32N2O4/c1-16(23-9-3-4-10-23)18-7-11-22(12-8-18)14-17-5-6-19(26-2)20(13-17)27-15-21(24)25/h5-6,13,16,18H,3-4,7-12,14-15H2,1-2H3,(H,24,25)/t16-/m1/s1. The predicted molar refractivity (Wildman–Crippen MR) is 104 cm³/mol. The molecule has 2 aliphatic heterocycles. The van der Waals surface area contributed by atoms with Crippen LogP contribution >= 0.6 is 0 Å². The van der Waals surface area contributed by atoms with Gasteiger partial charge in [-0.15, -0.1) is 0 Å². The number of benzene rings is 1. The summed E-state index contributed by atoms with van der Waals surface area (Å²) in [5.41, 5.74) is 1.13. The van der Waals surface area contributed by atoms with E-state index in [9.17, 15) is 4.79 Å². The van der Waals surface area contributed by atoms with E-state index in [0.29, 0.717) is 17.5 Å². The van der Waals surface area contributed by atoms with Crippen molar-refractivity contribution in [2.45, 2.75) is 45.2 Å². The van der Waals surface area contributed by atoms with E-state index >= 15 is 0 Å². The molecule has 6 heteroatoms. The lowest BCUT2D eigenvalue weighted by molar-refractivity contribution is -0.139. The van der Waals surface area contributed by atoms with Crippen LogP contribution in [0.4, 0.5) is 0 Å². The van der Waals surface area contributed by atoms with Gasteiger partial charge in [0.05, 0.1) is 7.11 Å². The monoisotopic (exact) mass is 376 g/mol. The molecule has 2 aliphatic rings. The van der Waals surface area contributed by atoms with Crippen LogP contribution in [0, 0.1) is 5.92 Å². The molecule has 0 spiro atoms. The van der Waals surface area contributed by atoms with Gasteiger partial charge in [0.15, 0.2) is 18.1 Å². The lowest BCUT2D eigenvalue weighted by atomic mass is 9.89. The SMILES string of the molecule is COc1ccc(CN2CCC([C@@H](C)N3CCCC3)CC2)cc1OCC(=O)O. The fourth-order valence-electron chi connectivity index (χ4n) is 4.37. The van der Waals surface area contributed by atoms with Gasteiger partial charge in [-0.05, 0) is 82.4 Å². The van der Waals surface area contributed by atoms with Gasteiger partial charge in [0.2, 0.25) is 0 Å². The number of aliphatic carboxylic acids is 1. The molecule has 2 fully saturated rings. The van der Waals surface area contributed by atoms with E-state index in [-0.39, 0.29) is 6.61 Å². The van der Waals surface area contributed by atoms with Crippen LogP contribution in [0.5, 0.6) is 11.5 Å². The first-order valence-electron chi connectivity index (χ1n) is 10.0. The molecule has 0 aromatic heterocycles. The minimum atomic E-state index is -0.989. The maximum Gasteiger partial charge on any atom is 0.341 e. The first-order chi connectivity index (χ1) is 13.1. The molecule has 6 nitrogen and oxygen atoms in total. The number of rotatable bonds is 8. The summed E-state index contributed by atoms with van der Waals surface area (Å²) in [5.74, 6) is 0.870. The number of carbonyl (C=O) groups is 1. The van der Waals surface area contributed by atoms with Crippen molar-refractivity contribution in [3.05, 3.63) is 23.8 Å². The molecule has 1 aromatic carbocycles. The summed E-state index contributed by atoms with van der Waals surface area (Å²) in [4.78, 5) is 15.9. The zero-order valence-corrected chi connectivity index (χ0v) is 16.5. The van der Waals surface area contributed by atoms with E-state index in [1.165, 1.54) is 38.8 Å². The van der Waals surface area contributed by atoms with Crippen LogP contribution in [0.15, 0.2) is 18.2 Å². The van der Waals surface area contributed by atoms with Gasteiger partial charge in [0.25, 0.3) is 0 Å². The molecule has 1 aromatic rings. The molecule has 0 amide bonds. The summed E-state index contributed by atoms with van der Waals surface area (Å²) in [6.45, 7) is 7.66. The fourth-order valence-corrected chi connectivity index (χ4v) is 4.37. The highest BCUT2D eigenvalue weighted by atomic mass is 16.5. The zero-order chi connectivity index (χ0) is 19.2. The Labute approximate surface area is 162 Å². The maximum atomic E-state index is 10.8. The molecule has 0 unspecified atom stereocenters. The minimum absolute atomic E-state index is 0.362. The number of piperidine rings is 1. The van der Waals surface area contributed by atoms with Gasteiger partial charge in [0, 0.05) is 12.6 Å². The fraction of sp³-hybridized carbons (Fsp3) is 0.667. The molecule has 1 N–H and O–H groups in total. The molecule has 0 radical (unpaired) electrons. The third kappa shape index (κ3) is 5.36. The molecule has 1 atom stereocenters. The number of carboxylic acids is 1. The van der Waals surface area contributed by atoms with E-state index in [1.54, 1.807) is 7.11 Å². The second-order valence-electron chi connectivity index (χ2n) is 7.76. The lowest BCUT2D eigenvalue weighted by Crippen LogP contribution is -2.42. The Morgan fingerprint density at radius 1 is 1.19 bits per heavy atom. The first-order valence-corrected chi connectivity index (χ1v) is 10.0. The second-order valence-corrected chi connectivity index (χ2v) is 7.76. The lowest BCUT2D eigenvalue weighted by Gasteiger charge is -2.38. The minimum Gasteiger partial charge on any atom is -0.493 e. The van der Waals surface area contributed by atoms with E-state index in [4.69, 9.17) is 14.6 Å². The Morgan fingerprint density at radius 3 is 2.52 bits per heavy atom. The van der Waals surface area contributed by atoms with Crippen LogP contribution < -0.4 is 9.47 Å². The summed E-state index contributed by atoms with van der Waals surface area (Å²) in [5, 5.41) is 8.84. The van der Waals surface area contributed by atoms with Gasteiger partial charge >= 0.3 is 5.97 Å². The molecule has 2 saturated heterocycles. The van der Waals surface area contributed by atoms with Crippen LogP contribution in [-0.4, -0.2) is 66.8 Å². The Morgan fingerprint density at radius 2 is 1.89 bits per heavy atom. The van der Waals surface area contributed by atoms with E-state index < -0.39 is 5.97 Å². The number of likely N-dealkylation sites (tertiary alicyclic amines) is 2. The Bertz CT molecular complexity index is 623. The Balaban J connectivity index is 1.53. The van der Waals surface area contributed by atoms with E-state index in [0.717, 1.165) is 31.1 Å². The number of nitrogens with zero attached hydrogens (tertiary/aromatic N) is 2. The van der Waals surface area contributed by atoms with Gasteiger partial charge in [-0.3, -0.25) is 4.90 Å². The number of hydrogen-bond acceptors (Lipinski definition) is 5. The number of hydrogen-bond donors (Lipinski definition) is 1. The summed E-state index contributed by atoms with van der Waals surface area (Å²) in [6, 6.07) is 6.49. The van der Waals surface area contributed by atoms with Gasteiger partial charge in [-0.25, -0.2) is 4.79 Å². The largest absolute Gasteiger partial charge is 0.493 e. The highest BCUT2D eigenvalue weighted by Gasteiger charge is 2.29. The normalized spacial score (nSPS) is 20.5. The van der Waals surface area contributed by atoms with Crippen LogP contribution in [0.25, 0.3) is 0 Å². The maximum absolute atomic E-state index is 10.8. The van der Waals surface area contributed by atoms with Gasteiger partial charge in [-0.2, -0.15) is 0 Å². The van der Waals surface area contributed by atoms with E-state index in [2.05, 4.69) is 16.7 Å². The molecule has 150 valence electrons.